The summed E-state index contributed by atoms with van der Waals surface area (Å²) in [4.78, 5) is 12.0. The zero-order valence-electron chi connectivity index (χ0n) is 12.4. The molecule has 1 amide bonds. The van der Waals surface area contributed by atoms with Crippen molar-refractivity contribution in [1.82, 2.24) is 5.32 Å². The van der Waals surface area contributed by atoms with Crippen LogP contribution in [0.4, 0.5) is 4.39 Å². The zero-order valence-corrected chi connectivity index (χ0v) is 12.4. The van der Waals surface area contributed by atoms with Crippen LogP contribution in [0.1, 0.15) is 30.9 Å². The van der Waals surface area contributed by atoms with Gasteiger partial charge in [0.05, 0.1) is 5.92 Å². The predicted molar refractivity (Wildman–Crippen MR) is 79.7 cm³/mol. The Balaban J connectivity index is 2.55. The van der Waals surface area contributed by atoms with E-state index in [0.717, 1.165) is 17.5 Å². The first kappa shape index (κ1) is 16.9. The lowest BCUT2D eigenvalue weighted by Gasteiger charge is -2.15. The standard InChI is InChI=1S/C15H22FN3O2/c1-3-4-13(14(17)19-21)15(20)18-8-7-11-5-6-12(16)9-10(11)2/h5-6,9,13,21H,3-4,7-8H2,1-2H3,(H2,17,19)(H,18,20). The molecule has 0 aliphatic carbocycles. The van der Waals surface area contributed by atoms with Crippen LogP contribution in [0.25, 0.3) is 0 Å². The molecule has 0 heterocycles. The molecule has 1 rings (SSSR count). The van der Waals surface area contributed by atoms with Crippen molar-refractivity contribution in [3.63, 3.8) is 0 Å². The number of oxime groups is 1. The van der Waals surface area contributed by atoms with Crippen molar-refractivity contribution >= 4 is 11.7 Å². The van der Waals surface area contributed by atoms with E-state index in [9.17, 15) is 9.18 Å². The number of hydrogen-bond acceptors (Lipinski definition) is 3. The van der Waals surface area contributed by atoms with Gasteiger partial charge in [0.25, 0.3) is 0 Å². The fraction of sp³-hybridized carbons (Fsp3) is 0.467. The molecule has 0 aliphatic rings. The van der Waals surface area contributed by atoms with Crippen molar-refractivity contribution in [2.45, 2.75) is 33.1 Å². The first-order valence-corrected chi connectivity index (χ1v) is 6.99. The molecule has 4 N–H and O–H groups in total. The van der Waals surface area contributed by atoms with Gasteiger partial charge in [0.1, 0.15) is 5.82 Å². The van der Waals surface area contributed by atoms with Gasteiger partial charge < -0.3 is 16.3 Å². The number of nitrogens with one attached hydrogen (secondary N) is 1. The normalized spacial score (nSPS) is 13.0. The predicted octanol–water partition coefficient (Wildman–Crippen LogP) is 1.96. The Bertz CT molecular complexity index is 518. The molecule has 1 aromatic carbocycles. The lowest BCUT2D eigenvalue weighted by atomic mass is 10.0. The van der Waals surface area contributed by atoms with Gasteiger partial charge in [0.2, 0.25) is 5.91 Å². The van der Waals surface area contributed by atoms with Crippen LogP contribution in [0.15, 0.2) is 23.4 Å². The van der Waals surface area contributed by atoms with Crippen molar-refractivity contribution in [1.29, 1.82) is 0 Å². The maximum Gasteiger partial charge on any atom is 0.230 e. The number of amides is 1. The van der Waals surface area contributed by atoms with E-state index in [2.05, 4.69) is 10.5 Å². The number of aryl methyl sites for hydroxylation is 1. The molecule has 0 saturated carbocycles. The fourth-order valence-corrected chi connectivity index (χ4v) is 2.16. The number of benzene rings is 1. The van der Waals surface area contributed by atoms with Crippen molar-refractivity contribution in [3.8, 4) is 0 Å². The Morgan fingerprint density at radius 1 is 1.52 bits per heavy atom. The molecular weight excluding hydrogens is 273 g/mol. The molecule has 6 heteroatoms. The molecule has 0 fully saturated rings. The number of amidine groups is 1. The zero-order chi connectivity index (χ0) is 15.8. The third-order valence-corrected chi connectivity index (χ3v) is 3.36. The lowest BCUT2D eigenvalue weighted by molar-refractivity contribution is -0.123. The minimum Gasteiger partial charge on any atom is -0.409 e. The van der Waals surface area contributed by atoms with Gasteiger partial charge in [-0.25, -0.2) is 4.39 Å². The third kappa shape index (κ3) is 5.06. The molecule has 5 nitrogen and oxygen atoms in total. The highest BCUT2D eigenvalue weighted by molar-refractivity contribution is 6.02. The van der Waals surface area contributed by atoms with E-state index in [1.165, 1.54) is 12.1 Å². The fourth-order valence-electron chi connectivity index (χ4n) is 2.16. The molecule has 0 aliphatic heterocycles. The summed E-state index contributed by atoms with van der Waals surface area (Å²) in [5.74, 6) is -1.22. The highest BCUT2D eigenvalue weighted by Gasteiger charge is 2.21. The number of halogens is 1. The monoisotopic (exact) mass is 295 g/mol. The Hall–Kier alpha value is -2.11. The number of carbonyl (C=O) groups excluding carboxylic acids is 1. The summed E-state index contributed by atoms with van der Waals surface area (Å²) in [5.41, 5.74) is 7.36. The van der Waals surface area contributed by atoms with Gasteiger partial charge in [-0.15, -0.1) is 0 Å². The van der Waals surface area contributed by atoms with Crippen LogP contribution in [0.3, 0.4) is 0 Å². The number of rotatable bonds is 7. The average molecular weight is 295 g/mol. The second-order valence-electron chi connectivity index (χ2n) is 4.98. The smallest absolute Gasteiger partial charge is 0.230 e. The molecule has 0 aromatic heterocycles. The molecule has 21 heavy (non-hydrogen) atoms. The summed E-state index contributed by atoms with van der Waals surface area (Å²) in [7, 11) is 0. The number of nitrogens with zero attached hydrogens (tertiary/aromatic N) is 1. The van der Waals surface area contributed by atoms with Crippen molar-refractivity contribution < 1.29 is 14.4 Å². The summed E-state index contributed by atoms with van der Waals surface area (Å²) in [6, 6.07) is 4.58. The molecule has 1 aromatic rings. The molecule has 1 atom stereocenters. The maximum absolute atomic E-state index is 13.0. The van der Waals surface area contributed by atoms with E-state index in [1.807, 2.05) is 13.8 Å². The van der Waals surface area contributed by atoms with E-state index in [-0.39, 0.29) is 17.6 Å². The Labute approximate surface area is 124 Å². The van der Waals surface area contributed by atoms with Gasteiger partial charge in [0.15, 0.2) is 5.84 Å². The van der Waals surface area contributed by atoms with Crippen LogP contribution in [-0.2, 0) is 11.2 Å². The molecule has 0 bridgehead atoms. The first-order chi connectivity index (χ1) is 9.99. The van der Waals surface area contributed by atoms with E-state index in [1.54, 1.807) is 6.07 Å². The second kappa shape index (κ2) is 8.24. The highest BCUT2D eigenvalue weighted by Crippen LogP contribution is 2.11. The quantitative estimate of drug-likeness (QED) is 0.311. The van der Waals surface area contributed by atoms with Crippen molar-refractivity contribution in [2.24, 2.45) is 16.8 Å². The van der Waals surface area contributed by atoms with E-state index in [0.29, 0.717) is 19.4 Å². The van der Waals surface area contributed by atoms with Gasteiger partial charge in [-0.2, -0.15) is 0 Å². The maximum atomic E-state index is 13.0. The SMILES string of the molecule is CCCC(C(=O)NCCc1ccc(F)cc1C)/C(N)=N/O. The van der Waals surface area contributed by atoms with Gasteiger partial charge in [-0.1, -0.05) is 24.6 Å². The highest BCUT2D eigenvalue weighted by atomic mass is 19.1. The van der Waals surface area contributed by atoms with Crippen molar-refractivity contribution in [2.75, 3.05) is 6.54 Å². The summed E-state index contributed by atoms with van der Waals surface area (Å²) in [5, 5.41) is 14.4. The van der Waals surface area contributed by atoms with Crippen LogP contribution in [0.5, 0.6) is 0 Å². The van der Waals surface area contributed by atoms with Crippen LogP contribution in [-0.4, -0.2) is 23.5 Å². The Morgan fingerprint density at radius 3 is 2.81 bits per heavy atom. The molecule has 116 valence electrons. The van der Waals surface area contributed by atoms with E-state index >= 15 is 0 Å². The molecule has 0 saturated heterocycles. The summed E-state index contributed by atoms with van der Waals surface area (Å²) in [6.45, 7) is 4.17. The summed E-state index contributed by atoms with van der Waals surface area (Å²) in [6.07, 6.45) is 1.88. The number of carbonyl (C=O) groups is 1. The van der Waals surface area contributed by atoms with E-state index < -0.39 is 5.92 Å². The number of nitrogens with two attached hydrogens (primary N) is 1. The summed E-state index contributed by atoms with van der Waals surface area (Å²) >= 11 is 0. The topological polar surface area (TPSA) is 87.7 Å². The average Bonchev–Trinajstić information content (AvgIpc) is 2.46. The summed E-state index contributed by atoms with van der Waals surface area (Å²) < 4.78 is 13.0. The molecule has 0 radical (unpaired) electrons. The minimum absolute atomic E-state index is 0.0766. The molecule has 1 unspecified atom stereocenters. The van der Waals surface area contributed by atoms with Crippen LogP contribution >= 0.6 is 0 Å². The van der Waals surface area contributed by atoms with Crippen LogP contribution < -0.4 is 11.1 Å². The number of hydrogen-bond donors (Lipinski definition) is 3. The lowest BCUT2D eigenvalue weighted by Crippen LogP contribution is -2.39. The first-order valence-electron chi connectivity index (χ1n) is 6.99. The van der Waals surface area contributed by atoms with Crippen molar-refractivity contribution in [3.05, 3.63) is 35.1 Å². The second-order valence-corrected chi connectivity index (χ2v) is 4.98. The third-order valence-electron chi connectivity index (χ3n) is 3.36. The van der Waals surface area contributed by atoms with Gasteiger partial charge in [0, 0.05) is 6.54 Å². The van der Waals surface area contributed by atoms with Gasteiger partial charge in [-0.3, -0.25) is 4.79 Å². The van der Waals surface area contributed by atoms with E-state index in [4.69, 9.17) is 10.9 Å². The minimum atomic E-state index is -0.616. The molecule has 0 spiro atoms. The molecular formula is C15H22FN3O2. The largest absolute Gasteiger partial charge is 0.409 e. The Morgan fingerprint density at radius 2 is 2.24 bits per heavy atom. The van der Waals surface area contributed by atoms with Gasteiger partial charge >= 0.3 is 0 Å². The van der Waals surface area contributed by atoms with Crippen LogP contribution in [0.2, 0.25) is 0 Å². The van der Waals surface area contributed by atoms with Gasteiger partial charge in [-0.05, 0) is 43.0 Å². The van der Waals surface area contributed by atoms with Crippen LogP contribution in [0, 0.1) is 18.7 Å². The Kier molecular flexibility index (Phi) is 6.65.